The quantitative estimate of drug-likeness (QED) is 0.867. The molecule has 0 aliphatic carbocycles. The van der Waals surface area contributed by atoms with E-state index in [1.54, 1.807) is 4.90 Å². The number of nitrogens with one attached hydrogen (secondary N) is 1. The van der Waals surface area contributed by atoms with Gasteiger partial charge in [0.1, 0.15) is 0 Å². The summed E-state index contributed by atoms with van der Waals surface area (Å²) < 4.78 is 39.4. The number of carbonyl (C=O) groups is 1. The number of halogens is 3. The molecule has 21 heavy (non-hydrogen) atoms. The van der Waals surface area contributed by atoms with Crippen molar-refractivity contribution in [2.75, 3.05) is 19.6 Å². The summed E-state index contributed by atoms with van der Waals surface area (Å²) in [6.07, 6.45) is 2.80. The van der Waals surface area contributed by atoms with Crippen molar-refractivity contribution in [1.29, 1.82) is 0 Å². The Morgan fingerprint density at radius 1 is 1.33 bits per heavy atom. The maximum atomic E-state index is 13.2. The molecular weight excluding hydrogens is 281 g/mol. The number of hydrogen-bond donors (Lipinski definition) is 1. The lowest BCUT2D eigenvalue weighted by Gasteiger charge is -2.33. The average molecular weight is 300 g/mol. The fourth-order valence-corrected chi connectivity index (χ4v) is 2.54. The van der Waals surface area contributed by atoms with E-state index >= 15 is 0 Å². The first-order chi connectivity index (χ1) is 10.0. The van der Waals surface area contributed by atoms with E-state index in [0.29, 0.717) is 13.1 Å². The van der Waals surface area contributed by atoms with Gasteiger partial charge in [-0.15, -0.1) is 0 Å². The molecule has 6 heteroatoms. The molecule has 1 amide bonds. The van der Waals surface area contributed by atoms with Crippen molar-refractivity contribution in [2.24, 2.45) is 0 Å². The number of hydrogen-bond acceptors (Lipinski definition) is 2. The summed E-state index contributed by atoms with van der Waals surface area (Å²) >= 11 is 0. The van der Waals surface area contributed by atoms with Gasteiger partial charge in [-0.3, -0.25) is 4.79 Å². The number of likely N-dealkylation sites (tertiary alicyclic amines) is 1. The van der Waals surface area contributed by atoms with Crippen molar-refractivity contribution in [2.45, 2.75) is 32.2 Å². The van der Waals surface area contributed by atoms with E-state index in [-0.39, 0.29) is 11.6 Å². The van der Waals surface area contributed by atoms with Crippen LogP contribution >= 0.6 is 0 Å². The molecule has 1 N–H and O–H groups in total. The van der Waals surface area contributed by atoms with Crippen molar-refractivity contribution in [3.63, 3.8) is 0 Å². The second-order valence-electron chi connectivity index (χ2n) is 5.30. The van der Waals surface area contributed by atoms with E-state index < -0.39 is 23.4 Å². The Morgan fingerprint density at radius 2 is 2.00 bits per heavy atom. The van der Waals surface area contributed by atoms with Crippen LogP contribution in [0.15, 0.2) is 12.1 Å². The molecule has 0 spiro atoms. The van der Waals surface area contributed by atoms with Crippen LogP contribution in [-0.4, -0.2) is 36.5 Å². The third-order valence-electron chi connectivity index (χ3n) is 3.62. The number of carbonyl (C=O) groups excluding carboxylic acids is 1. The van der Waals surface area contributed by atoms with Crippen LogP contribution in [0.25, 0.3) is 0 Å². The highest BCUT2D eigenvalue weighted by molar-refractivity contribution is 5.94. The number of rotatable bonds is 4. The van der Waals surface area contributed by atoms with Crippen LogP contribution in [0.4, 0.5) is 13.2 Å². The maximum Gasteiger partial charge on any atom is 0.254 e. The minimum absolute atomic E-state index is 0.150. The molecule has 0 saturated carbocycles. The standard InChI is InChI=1S/C15H19F3N2O/c1-2-5-19-11-4-3-6-20(9-11)15(21)10-7-12(16)14(18)13(17)8-10/h7-8,11,19H,2-6,9H2,1H3. The van der Waals surface area contributed by atoms with Crippen molar-refractivity contribution >= 4 is 5.91 Å². The molecular formula is C15H19F3N2O. The van der Waals surface area contributed by atoms with Crippen LogP contribution in [0.1, 0.15) is 36.5 Å². The molecule has 2 rings (SSSR count). The highest BCUT2D eigenvalue weighted by Crippen LogP contribution is 2.18. The Balaban J connectivity index is 2.09. The highest BCUT2D eigenvalue weighted by Gasteiger charge is 2.25. The summed E-state index contributed by atoms with van der Waals surface area (Å²) in [5.74, 6) is -4.68. The van der Waals surface area contributed by atoms with Gasteiger partial charge in [0.05, 0.1) is 0 Å². The number of piperidine rings is 1. The van der Waals surface area contributed by atoms with Gasteiger partial charge in [0.25, 0.3) is 5.91 Å². The first kappa shape index (κ1) is 15.8. The normalized spacial score (nSPS) is 18.9. The molecule has 1 aliphatic heterocycles. The van der Waals surface area contributed by atoms with Gasteiger partial charge in [-0.25, -0.2) is 13.2 Å². The molecule has 1 aromatic carbocycles. The van der Waals surface area contributed by atoms with Gasteiger partial charge >= 0.3 is 0 Å². The lowest BCUT2D eigenvalue weighted by atomic mass is 10.0. The molecule has 0 radical (unpaired) electrons. The summed E-state index contributed by atoms with van der Waals surface area (Å²) in [5.41, 5.74) is -0.150. The second kappa shape index (κ2) is 6.93. The molecule has 1 atom stereocenters. The molecule has 1 aliphatic rings. The first-order valence-electron chi connectivity index (χ1n) is 7.20. The minimum atomic E-state index is -1.55. The predicted molar refractivity (Wildman–Crippen MR) is 73.5 cm³/mol. The van der Waals surface area contributed by atoms with Gasteiger partial charge in [-0.1, -0.05) is 6.92 Å². The summed E-state index contributed by atoms with van der Waals surface area (Å²) in [4.78, 5) is 13.8. The SMILES string of the molecule is CCCNC1CCCN(C(=O)c2cc(F)c(F)c(F)c2)C1. The average Bonchev–Trinajstić information content (AvgIpc) is 2.49. The van der Waals surface area contributed by atoms with Crippen LogP contribution in [0, 0.1) is 17.5 Å². The van der Waals surface area contributed by atoms with Gasteiger partial charge in [-0.2, -0.15) is 0 Å². The largest absolute Gasteiger partial charge is 0.337 e. The van der Waals surface area contributed by atoms with Gasteiger partial charge < -0.3 is 10.2 Å². The second-order valence-corrected chi connectivity index (χ2v) is 5.30. The Bertz CT molecular complexity index is 499. The lowest BCUT2D eigenvalue weighted by Crippen LogP contribution is -2.48. The molecule has 0 aromatic heterocycles. The summed E-state index contributed by atoms with van der Waals surface area (Å²) in [5, 5.41) is 3.34. The molecule has 1 fully saturated rings. The van der Waals surface area contributed by atoms with Crippen LogP contribution in [0.5, 0.6) is 0 Å². The Morgan fingerprint density at radius 3 is 2.62 bits per heavy atom. The molecule has 1 unspecified atom stereocenters. The van der Waals surface area contributed by atoms with Crippen molar-refractivity contribution in [3.05, 3.63) is 35.1 Å². The zero-order valence-electron chi connectivity index (χ0n) is 12.0. The lowest BCUT2D eigenvalue weighted by molar-refractivity contribution is 0.0694. The fourth-order valence-electron chi connectivity index (χ4n) is 2.54. The smallest absolute Gasteiger partial charge is 0.254 e. The maximum absolute atomic E-state index is 13.2. The third kappa shape index (κ3) is 3.75. The zero-order chi connectivity index (χ0) is 15.4. The molecule has 1 heterocycles. The van der Waals surface area contributed by atoms with E-state index in [2.05, 4.69) is 12.2 Å². The summed E-state index contributed by atoms with van der Waals surface area (Å²) in [6.45, 7) is 3.97. The fraction of sp³-hybridized carbons (Fsp3) is 0.533. The first-order valence-corrected chi connectivity index (χ1v) is 7.20. The Hall–Kier alpha value is -1.56. The number of amides is 1. The van der Waals surface area contributed by atoms with Gasteiger partial charge in [0.15, 0.2) is 17.5 Å². The molecule has 116 valence electrons. The van der Waals surface area contributed by atoms with E-state index in [1.807, 2.05) is 0 Å². The zero-order valence-corrected chi connectivity index (χ0v) is 12.0. The van der Waals surface area contributed by atoms with E-state index in [0.717, 1.165) is 37.9 Å². The summed E-state index contributed by atoms with van der Waals surface area (Å²) in [6, 6.07) is 1.70. The van der Waals surface area contributed by atoms with Crippen LogP contribution in [0.2, 0.25) is 0 Å². The molecule has 3 nitrogen and oxygen atoms in total. The topological polar surface area (TPSA) is 32.3 Å². The molecule has 0 bridgehead atoms. The molecule has 1 saturated heterocycles. The van der Waals surface area contributed by atoms with E-state index in [4.69, 9.17) is 0 Å². The Labute approximate surface area is 122 Å². The summed E-state index contributed by atoms with van der Waals surface area (Å²) in [7, 11) is 0. The van der Waals surface area contributed by atoms with Gasteiger partial charge in [0.2, 0.25) is 0 Å². The predicted octanol–water partition coefficient (Wildman–Crippen LogP) is 2.71. The van der Waals surface area contributed by atoms with Crippen molar-refractivity contribution < 1.29 is 18.0 Å². The highest BCUT2D eigenvalue weighted by atomic mass is 19.2. The number of nitrogens with zero attached hydrogens (tertiary/aromatic N) is 1. The third-order valence-corrected chi connectivity index (χ3v) is 3.62. The van der Waals surface area contributed by atoms with Gasteiger partial charge in [0, 0.05) is 24.7 Å². The van der Waals surface area contributed by atoms with Crippen LogP contribution in [0.3, 0.4) is 0 Å². The van der Waals surface area contributed by atoms with Gasteiger partial charge in [-0.05, 0) is 37.9 Å². The van der Waals surface area contributed by atoms with Crippen LogP contribution < -0.4 is 5.32 Å². The van der Waals surface area contributed by atoms with E-state index in [1.165, 1.54) is 0 Å². The monoisotopic (exact) mass is 300 g/mol. The minimum Gasteiger partial charge on any atom is -0.337 e. The Kier molecular flexibility index (Phi) is 5.22. The van der Waals surface area contributed by atoms with Crippen molar-refractivity contribution in [3.8, 4) is 0 Å². The van der Waals surface area contributed by atoms with E-state index in [9.17, 15) is 18.0 Å². The molecule has 1 aromatic rings. The van der Waals surface area contributed by atoms with Crippen molar-refractivity contribution in [1.82, 2.24) is 10.2 Å². The number of benzene rings is 1. The van der Waals surface area contributed by atoms with Crippen LogP contribution in [-0.2, 0) is 0 Å².